The van der Waals surface area contributed by atoms with Gasteiger partial charge in [0.15, 0.2) is 5.82 Å². The second-order valence-electron chi connectivity index (χ2n) is 3.01. The van der Waals surface area contributed by atoms with Crippen molar-refractivity contribution in [2.75, 3.05) is 26.3 Å². The summed E-state index contributed by atoms with van der Waals surface area (Å²) in [6, 6.07) is 0.164. The molecule has 0 radical (unpaired) electrons. The van der Waals surface area contributed by atoms with Crippen LogP contribution >= 0.6 is 0 Å². The van der Waals surface area contributed by atoms with Gasteiger partial charge in [0.1, 0.15) is 0 Å². The van der Waals surface area contributed by atoms with Crippen molar-refractivity contribution in [3.63, 3.8) is 0 Å². The lowest BCUT2D eigenvalue weighted by Gasteiger charge is -2.32. The van der Waals surface area contributed by atoms with Crippen molar-refractivity contribution in [3.05, 3.63) is 12.2 Å². The third-order valence-electron chi connectivity index (χ3n) is 2.32. The summed E-state index contributed by atoms with van der Waals surface area (Å²) < 4.78 is 10.1. The van der Waals surface area contributed by atoms with Gasteiger partial charge in [-0.3, -0.25) is 4.90 Å². The minimum atomic E-state index is 0.164. The van der Waals surface area contributed by atoms with Crippen LogP contribution in [0.25, 0.3) is 0 Å². The van der Waals surface area contributed by atoms with Crippen LogP contribution in [0.1, 0.15) is 18.8 Å². The van der Waals surface area contributed by atoms with Crippen LogP contribution in [-0.4, -0.2) is 41.3 Å². The molecule has 13 heavy (non-hydrogen) atoms. The maximum absolute atomic E-state index is 5.37. The first kappa shape index (κ1) is 8.65. The number of morpholine rings is 1. The number of aromatic nitrogens is 2. The topological polar surface area (TPSA) is 51.4 Å². The van der Waals surface area contributed by atoms with Crippen molar-refractivity contribution in [2.24, 2.45) is 0 Å². The van der Waals surface area contributed by atoms with Crippen molar-refractivity contribution < 1.29 is 9.26 Å². The Morgan fingerprint density at radius 3 is 3.31 bits per heavy atom. The number of hydrogen-bond acceptors (Lipinski definition) is 5. The number of rotatable bonds is 2. The Bertz CT molecular complexity index is 250. The molecule has 0 amide bonds. The molecule has 2 heterocycles. The molecule has 1 aliphatic heterocycles. The normalized spacial score (nSPS) is 24.8. The van der Waals surface area contributed by atoms with Gasteiger partial charge >= 0.3 is 0 Å². The third kappa shape index (κ3) is 1.71. The van der Waals surface area contributed by atoms with Crippen LogP contribution in [0.2, 0.25) is 0 Å². The highest BCUT2D eigenvalue weighted by molar-refractivity contribution is 4.92. The molecular formula is C8H13N3O2. The summed E-state index contributed by atoms with van der Waals surface area (Å²) in [6.45, 7) is 5.51. The second kappa shape index (κ2) is 3.85. The highest BCUT2D eigenvalue weighted by Crippen LogP contribution is 2.19. The van der Waals surface area contributed by atoms with Crippen LogP contribution in [0, 0.1) is 0 Å². The minimum Gasteiger partial charge on any atom is -0.378 e. The molecule has 5 heteroatoms. The van der Waals surface area contributed by atoms with Crippen LogP contribution in [-0.2, 0) is 4.74 Å². The first-order valence-electron chi connectivity index (χ1n) is 4.50. The minimum absolute atomic E-state index is 0.164. The first-order valence-corrected chi connectivity index (χ1v) is 4.50. The Kier molecular flexibility index (Phi) is 2.56. The fourth-order valence-corrected chi connectivity index (χ4v) is 1.58. The van der Waals surface area contributed by atoms with E-state index in [1.807, 2.05) is 0 Å². The van der Waals surface area contributed by atoms with E-state index in [4.69, 9.17) is 9.26 Å². The summed E-state index contributed by atoms with van der Waals surface area (Å²) in [6.07, 6.45) is 1.36. The second-order valence-corrected chi connectivity index (χ2v) is 3.01. The van der Waals surface area contributed by atoms with Gasteiger partial charge in [-0.1, -0.05) is 12.1 Å². The average Bonchev–Trinajstić information content (AvgIpc) is 2.70. The predicted molar refractivity (Wildman–Crippen MR) is 45.1 cm³/mol. The van der Waals surface area contributed by atoms with E-state index in [1.165, 1.54) is 6.39 Å². The zero-order valence-electron chi connectivity index (χ0n) is 7.64. The van der Waals surface area contributed by atoms with Gasteiger partial charge in [-0.15, -0.1) is 0 Å². The van der Waals surface area contributed by atoms with Crippen molar-refractivity contribution in [3.8, 4) is 0 Å². The number of likely N-dealkylation sites (N-methyl/N-ethyl adjacent to an activating group) is 1. The molecule has 5 nitrogen and oxygen atoms in total. The zero-order chi connectivity index (χ0) is 9.10. The summed E-state index contributed by atoms with van der Waals surface area (Å²) >= 11 is 0. The molecule has 0 spiro atoms. The third-order valence-corrected chi connectivity index (χ3v) is 2.32. The molecule has 0 N–H and O–H groups in total. The molecule has 72 valence electrons. The molecule has 1 saturated heterocycles. The molecule has 1 aromatic rings. The van der Waals surface area contributed by atoms with E-state index in [0.29, 0.717) is 6.61 Å². The Morgan fingerprint density at radius 1 is 1.69 bits per heavy atom. The lowest BCUT2D eigenvalue weighted by molar-refractivity contribution is -0.00968. The maximum atomic E-state index is 5.37. The van der Waals surface area contributed by atoms with E-state index in [1.54, 1.807) is 0 Å². The smallest absolute Gasteiger partial charge is 0.213 e. The molecule has 0 aromatic carbocycles. The van der Waals surface area contributed by atoms with Gasteiger partial charge in [-0.25, -0.2) is 0 Å². The highest BCUT2D eigenvalue weighted by atomic mass is 16.5. The Morgan fingerprint density at radius 2 is 2.62 bits per heavy atom. The Balaban J connectivity index is 2.11. The van der Waals surface area contributed by atoms with Crippen LogP contribution in [0.3, 0.4) is 0 Å². The molecule has 0 aliphatic carbocycles. The fraction of sp³-hybridized carbons (Fsp3) is 0.750. The Labute approximate surface area is 76.7 Å². The quantitative estimate of drug-likeness (QED) is 0.666. The molecule has 1 fully saturated rings. The van der Waals surface area contributed by atoms with Crippen LogP contribution < -0.4 is 0 Å². The lowest BCUT2D eigenvalue weighted by Crippen LogP contribution is -2.39. The maximum Gasteiger partial charge on any atom is 0.213 e. The van der Waals surface area contributed by atoms with Crippen LogP contribution in [0.4, 0.5) is 0 Å². The standard InChI is InChI=1S/C8H13N3O2/c1-2-11-3-4-12-5-7(11)8-9-6-13-10-8/h6-7H,2-5H2,1H3. The van der Waals surface area contributed by atoms with Gasteiger partial charge in [-0.05, 0) is 6.54 Å². The van der Waals surface area contributed by atoms with E-state index < -0.39 is 0 Å². The summed E-state index contributed by atoms with van der Waals surface area (Å²) in [7, 11) is 0. The largest absolute Gasteiger partial charge is 0.378 e. The molecule has 0 bridgehead atoms. The van der Waals surface area contributed by atoms with E-state index in [0.717, 1.165) is 25.5 Å². The molecule has 1 unspecified atom stereocenters. The fourth-order valence-electron chi connectivity index (χ4n) is 1.58. The zero-order valence-corrected chi connectivity index (χ0v) is 7.64. The number of ether oxygens (including phenoxy) is 1. The first-order chi connectivity index (χ1) is 6.42. The van der Waals surface area contributed by atoms with Gasteiger partial charge in [0.05, 0.1) is 19.3 Å². The summed E-state index contributed by atoms with van der Waals surface area (Å²) in [5.41, 5.74) is 0. The Hall–Kier alpha value is -0.940. The van der Waals surface area contributed by atoms with Gasteiger partial charge in [0, 0.05) is 6.54 Å². The SMILES string of the molecule is CCN1CCOCC1c1ncon1. The number of hydrogen-bond donors (Lipinski definition) is 0. The molecule has 1 aromatic heterocycles. The van der Waals surface area contributed by atoms with Gasteiger partial charge in [-0.2, -0.15) is 4.98 Å². The number of nitrogens with zero attached hydrogens (tertiary/aromatic N) is 3. The van der Waals surface area contributed by atoms with Crippen molar-refractivity contribution in [2.45, 2.75) is 13.0 Å². The molecular weight excluding hydrogens is 170 g/mol. The van der Waals surface area contributed by atoms with Crippen LogP contribution in [0.15, 0.2) is 10.9 Å². The van der Waals surface area contributed by atoms with Gasteiger partial charge < -0.3 is 9.26 Å². The molecule has 2 rings (SSSR count). The van der Waals surface area contributed by atoms with Crippen LogP contribution in [0.5, 0.6) is 0 Å². The van der Waals surface area contributed by atoms with E-state index >= 15 is 0 Å². The van der Waals surface area contributed by atoms with E-state index in [2.05, 4.69) is 22.0 Å². The lowest BCUT2D eigenvalue weighted by atomic mass is 10.2. The predicted octanol–water partition coefficient (Wildman–Crippen LogP) is 0.463. The van der Waals surface area contributed by atoms with Crippen molar-refractivity contribution in [1.29, 1.82) is 0 Å². The molecule has 1 atom stereocenters. The van der Waals surface area contributed by atoms with Crippen molar-refractivity contribution >= 4 is 0 Å². The average molecular weight is 183 g/mol. The van der Waals surface area contributed by atoms with E-state index in [-0.39, 0.29) is 6.04 Å². The highest BCUT2D eigenvalue weighted by Gasteiger charge is 2.26. The van der Waals surface area contributed by atoms with E-state index in [9.17, 15) is 0 Å². The molecule has 0 saturated carbocycles. The molecule has 1 aliphatic rings. The summed E-state index contributed by atoms with van der Waals surface area (Å²) in [5.74, 6) is 0.724. The monoisotopic (exact) mass is 183 g/mol. The van der Waals surface area contributed by atoms with Gasteiger partial charge in [0.2, 0.25) is 6.39 Å². The summed E-state index contributed by atoms with van der Waals surface area (Å²) in [5, 5.41) is 3.83. The summed E-state index contributed by atoms with van der Waals surface area (Å²) in [4.78, 5) is 6.32. The van der Waals surface area contributed by atoms with Gasteiger partial charge in [0.25, 0.3) is 0 Å². The van der Waals surface area contributed by atoms with Crippen molar-refractivity contribution in [1.82, 2.24) is 15.0 Å².